The third-order valence-corrected chi connectivity index (χ3v) is 14.2. The molecule has 366 valence electrons. The number of rotatable bonds is 6. The van der Waals surface area contributed by atoms with Gasteiger partial charge in [-0.1, -0.05) is 52.8 Å². The number of anilines is 1. The molecule has 2 aromatic carbocycles. The van der Waals surface area contributed by atoms with Crippen LogP contribution in [0.15, 0.2) is 57.5 Å². The normalized spacial score (nSPS) is 29.6. The first kappa shape index (κ1) is 49.9. The number of ketones is 1. The second kappa shape index (κ2) is 19.9. The number of hydrogen-bond acceptors (Lipinski definition) is 16. The number of aromatic nitrogens is 1. The van der Waals surface area contributed by atoms with Gasteiger partial charge in [-0.3, -0.25) is 24.1 Å². The number of nitrogens with zero attached hydrogens (tertiary/aromatic N) is 3. The highest BCUT2D eigenvalue weighted by Gasteiger charge is 2.50. The number of Topliss-reactive ketones (excluding diaryl/α,β-unsaturated/α-hetero) is 1. The molecule has 7 rings (SSSR count). The van der Waals surface area contributed by atoms with Gasteiger partial charge in [0.1, 0.15) is 52.6 Å². The van der Waals surface area contributed by atoms with Crippen molar-refractivity contribution in [2.75, 3.05) is 58.8 Å². The Morgan fingerprint density at radius 2 is 1.68 bits per heavy atom. The monoisotopic (exact) mass is 940 g/mol. The number of phenols is 2. The summed E-state index contributed by atoms with van der Waals surface area (Å²) in [6, 6.07) is 2.91. The molecule has 4 heterocycles. The maximum atomic E-state index is 14.8. The lowest BCUT2D eigenvalue weighted by Gasteiger charge is -2.39. The Morgan fingerprint density at radius 3 is 2.35 bits per heavy atom. The first-order valence-corrected chi connectivity index (χ1v) is 23.2. The largest absolute Gasteiger partial charge is 0.507 e. The second-order valence-electron chi connectivity index (χ2n) is 18.9. The van der Waals surface area contributed by atoms with Crippen LogP contribution in [-0.2, 0) is 23.8 Å². The summed E-state index contributed by atoms with van der Waals surface area (Å²) >= 11 is 0. The fourth-order valence-electron chi connectivity index (χ4n) is 9.53. The van der Waals surface area contributed by atoms with Gasteiger partial charge in [0.25, 0.3) is 11.7 Å². The molecule has 0 aromatic heterocycles. The predicted octanol–water partition coefficient (Wildman–Crippen LogP) is 6.56. The number of benzene rings is 3. The molecule has 9 atom stereocenters. The van der Waals surface area contributed by atoms with Gasteiger partial charge in [-0.2, -0.15) is 0 Å². The summed E-state index contributed by atoms with van der Waals surface area (Å²) in [6.45, 7) is 20.0. The van der Waals surface area contributed by atoms with Crippen molar-refractivity contribution in [2.45, 2.75) is 86.4 Å². The number of esters is 1. The standard InChI is InChI=1S/C51H64N4O13/c1-25-13-12-14-26(2)50(62)53-42-45(60)38-37(41-48(42)67-36-24-33(23-34(57)40(36)52-41)64-22-20-55-18-16-54(10)17-19-55)39-47(31(7)44(38)59)68-51(9,49(39)61)65-21-15-35(63-11)30(6)46(66-32(8)56)29(5)27(3)28(4)43(25)58/h12-15,21,23-25,27-30,35,43,46,57-59H,16-20,22H2,1-11H3,(H,53,62)/b13-12+,21-15+,26-14-/t25-,27+,28-,29+,30+,35-,43-,46-,51-/m0/s1. The molecule has 1 fully saturated rings. The SMILES string of the molecule is CO[C@H]1/C=C/O[C@@]2(C)Oc3c(C)c(O)c4c(=O)c(c5oc6cc(OCCN7CCN(C)CC7)cc(O)c6nc-5c4c3C2=O)NC(=O)/C(C)=C\C=C\[C@H](C)[C@H](O)[C@@H](C)[C@@H](C)[C@@H](C)[C@H](OC(C)=O)[C@@H]1C. The van der Waals surface area contributed by atoms with E-state index in [-0.39, 0.29) is 96.6 Å². The number of phenolic OH excluding ortho intramolecular Hbond substituents is 2. The lowest BCUT2D eigenvalue weighted by atomic mass is 9.73. The van der Waals surface area contributed by atoms with Crippen molar-refractivity contribution in [1.82, 2.24) is 14.8 Å². The van der Waals surface area contributed by atoms with E-state index >= 15 is 0 Å². The Balaban J connectivity index is 1.39. The van der Waals surface area contributed by atoms with Crippen LogP contribution in [0.3, 0.4) is 0 Å². The number of nitrogens with one attached hydrogen (secondary N) is 1. The first-order valence-electron chi connectivity index (χ1n) is 23.2. The highest BCUT2D eigenvalue weighted by atomic mass is 16.7. The zero-order chi connectivity index (χ0) is 49.5. The minimum absolute atomic E-state index is 0.00178. The topological polar surface area (TPSA) is 220 Å². The van der Waals surface area contributed by atoms with Crippen LogP contribution in [-0.4, -0.2) is 125 Å². The Morgan fingerprint density at radius 1 is 0.971 bits per heavy atom. The van der Waals surface area contributed by atoms with Gasteiger partial charge in [0.05, 0.1) is 29.4 Å². The molecule has 17 nitrogen and oxygen atoms in total. The van der Waals surface area contributed by atoms with Crippen molar-refractivity contribution < 1.29 is 57.8 Å². The van der Waals surface area contributed by atoms with Crippen molar-refractivity contribution >= 4 is 45.2 Å². The van der Waals surface area contributed by atoms with Crippen LogP contribution >= 0.6 is 0 Å². The number of carbonyl (C=O) groups excluding carboxylic acids is 3. The number of allylic oxidation sites excluding steroid dienone is 2. The Hall–Kier alpha value is -6.01. The van der Waals surface area contributed by atoms with Gasteiger partial charge < -0.3 is 53.6 Å². The van der Waals surface area contributed by atoms with Crippen LogP contribution in [0.2, 0.25) is 0 Å². The maximum Gasteiger partial charge on any atom is 0.312 e. The molecular weight excluding hydrogens is 877 g/mol. The summed E-state index contributed by atoms with van der Waals surface area (Å²) in [6.07, 6.45) is 5.58. The van der Waals surface area contributed by atoms with Crippen LogP contribution in [0.25, 0.3) is 33.3 Å². The van der Waals surface area contributed by atoms with Crippen LogP contribution < -0.4 is 20.2 Å². The predicted molar refractivity (Wildman–Crippen MR) is 255 cm³/mol. The van der Waals surface area contributed by atoms with Crippen molar-refractivity contribution in [1.29, 1.82) is 0 Å². The van der Waals surface area contributed by atoms with E-state index in [4.69, 9.17) is 33.1 Å². The summed E-state index contributed by atoms with van der Waals surface area (Å²) in [5.74, 6) is -6.45. The van der Waals surface area contributed by atoms with E-state index in [0.29, 0.717) is 13.2 Å². The third kappa shape index (κ3) is 9.53. The summed E-state index contributed by atoms with van der Waals surface area (Å²) in [4.78, 5) is 65.5. The number of aromatic hydroxyl groups is 2. The second-order valence-corrected chi connectivity index (χ2v) is 18.9. The average molecular weight is 941 g/mol. The lowest BCUT2D eigenvalue weighted by Crippen LogP contribution is -2.45. The molecule has 0 spiro atoms. The fourth-order valence-corrected chi connectivity index (χ4v) is 9.53. The summed E-state index contributed by atoms with van der Waals surface area (Å²) < 4.78 is 36.7. The molecule has 17 heteroatoms. The van der Waals surface area contributed by atoms with Crippen LogP contribution in [0.5, 0.6) is 23.0 Å². The number of hydrogen-bond donors (Lipinski definition) is 4. The zero-order valence-electron chi connectivity index (χ0n) is 40.7. The van der Waals surface area contributed by atoms with E-state index in [1.807, 2.05) is 34.6 Å². The van der Waals surface area contributed by atoms with E-state index in [2.05, 4.69) is 22.2 Å². The Bertz CT molecular complexity index is 2720. The molecule has 4 N–H and O–H groups in total. The van der Waals surface area contributed by atoms with Gasteiger partial charge >= 0.3 is 11.8 Å². The summed E-state index contributed by atoms with van der Waals surface area (Å²) in [5, 5.41) is 37.1. The van der Waals surface area contributed by atoms with Crippen LogP contribution in [0.1, 0.15) is 71.3 Å². The molecule has 68 heavy (non-hydrogen) atoms. The number of aliphatic hydroxyl groups is 1. The minimum atomic E-state index is -2.05. The van der Waals surface area contributed by atoms with Gasteiger partial charge in [-0.25, -0.2) is 4.98 Å². The minimum Gasteiger partial charge on any atom is -0.507 e. The molecule has 2 aromatic rings. The molecule has 1 amide bonds. The third-order valence-electron chi connectivity index (χ3n) is 14.2. The molecule has 4 aliphatic heterocycles. The van der Waals surface area contributed by atoms with Crippen LogP contribution in [0.4, 0.5) is 5.69 Å². The van der Waals surface area contributed by atoms with E-state index < -0.39 is 58.9 Å². The van der Waals surface area contributed by atoms with Gasteiger partial charge in [-0.15, -0.1) is 0 Å². The quantitative estimate of drug-likeness (QED) is 0.0914. The number of piperazine rings is 1. The maximum absolute atomic E-state index is 14.8. The van der Waals surface area contributed by atoms with Gasteiger partial charge in [0.15, 0.2) is 11.3 Å². The van der Waals surface area contributed by atoms with Gasteiger partial charge in [-0.05, 0) is 44.7 Å². The molecule has 0 saturated carbocycles. The van der Waals surface area contributed by atoms with Gasteiger partial charge in [0.2, 0.25) is 5.43 Å². The van der Waals surface area contributed by atoms with Crippen LogP contribution in [0, 0.1) is 36.5 Å². The number of ether oxygens (including phenoxy) is 5. The lowest BCUT2D eigenvalue weighted by molar-refractivity contribution is -0.157. The smallest absolute Gasteiger partial charge is 0.312 e. The molecule has 0 unspecified atom stereocenters. The molecular formula is C51H64N4O13. The summed E-state index contributed by atoms with van der Waals surface area (Å²) in [7, 11) is 3.57. The van der Waals surface area contributed by atoms with Crippen molar-refractivity contribution in [3.05, 3.63) is 69.6 Å². The van der Waals surface area contributed by atoms with E-state index in [0.717, 1.165) is 26.2 Å². The molecule has 0 radical (unpaired) electrons. The zero-order valence-corrected chi connectivity index (χ0v) is 40.7. The molecule has 5 aliphatic rings. The number of amides is 1. The number of carbonyl (C=O) groups is 3. The summed E-state index contributed by atoms with van der Waals surface area (Å²) in [5.41, 5.74) is -1.40. The number of methoxy groups -OCH3 is 1. The molecule has 1 saturated heterocycles. The number of likely N-dealkylation sites (N-methyl/N-ethyl adjacent to an activating group) is 1. The highest BCUT2D eigenvalue weighted by Crippen LogP contribution is 2.51. The van der Waals surface area contributed by atoms with E-state index in [1.54, 1.807) is 25.2 Å². The van der Waals surface area contributed by atoms with Crippen molar-refractivity contribution in [3.8, 4) is 34.5 Å². The van der Waals surface area contributed by atoms with Crippen molar-refractivity contribution in [2.24, 2.45) is 29.6 Å². The molecule has 1 aliphatic carbocycles. The first-order chi connectivity index (χ1) is 32.2. The number of fused-ring (bicyclic) bond motifs is 2. The van der Waals surface area contributed by atoms with E-state index in [9.17, 15) is 34.5 Å². The van der Waals surface area contributed by atoms with Gasteiger partial charge in [0, 0.05) is 94.2 Å². The Labute approximate surface area is 395 Å². The molecule has 4 bridgehead atoms. The van der Waals surface area contributed by atoms with E-state index in [1.165, 1.54) is 52.4 Å². The number of aliphatic hydroxyl groups excluding tert-OH is 1. The van der Waals surface area contributed by atoms with Crippen molar-refractivity contribution in [3.63, 3.8) is 0 Å². The average Bonchev–Trinajstić information content (AvgIpc) is 3.57. The fraction of sp³-hybridized carbons (Fsp3) is 0.510. The highest BCUT2D eigenvalue weighted by molar-refractivity contribution is 6.22. The Kier molecular flexibility index (Phi) is 14.6.